The highest BCUT2D eigenvalue weighted by Gasteiger charge is 2.15. The van der Waals surface area contributed by atoms with Crippen molar-refractivity contribution in [2.75, 3.05) is 32.8 Å². The van der Waals surface area contributed by atoms with Crippen molar-refractivity contribution in [1.29, 1.82) is 0 Å². The Hall–Kier alpha value is -2.70. The van der Waals surface area contributed by atoms with E-state index >= 15 is 0 Å². The monoisotopic (exact) mass is 348 g/mol. The summed E-state index contributed by atoms with van der Waals surface area (Å²) >= 11 is 0. The van der Waals surface area contributed by atoms with E-state index in [2.05, 4.69) is 14.9 Å². The first-order valence-corrected chi connectivity index (χ1v) is 8.76. The molecule has 0 saturated carbocycles. The van der Waals surface area contributed by atoms with Gasteiger partial charge in [0.15, 0.2) is 5.78 Å². The molecule has 0 radical (unpaired) electrons. The van der Waals surface area contributed by atoms with Crippen molar-refractivity contribution in [3.8, 4) is 11.3 Å². The first-order valence-electron chi connectivity index (χ1n) is 8.76. The number of aromatic nitrogens is 3. The molecule has 1 aliphatic heterocycles. The van der Waals surface area contributed by atoms with E-state index in [1.807, 2.05) is 30.3 Å². The van der Waals surface area contributed by atoms with Crippen molar-refractivity contribution in [3.05, 3.63) is 54.6 Å². The largest absolute Gasteiger partial charge is 0.379 e. The van der Waals surface area contributed by atoms with E-state index in [0.29, 0.717) is 26.2 Å². The molecule has 3 aromatic rings. The summed E-state index contributed by atoms with van der Waals surface area (Å²) in [5.41, 5.74) is 3.43. The minimum Gasteiger partial charge on any atom is -0.379 e. The van der Waals surface area contributed by atoms with Crippen LogP contribution < -0.4 is 0 Å². The van der Waals surface area contributed by atoms with Crippen LogP contribution in [0.25, 0.3) is 22.2 Å². The minimum atomic E-state index is 0.169. The maximum Gasteiger partial charge on any atom is 0.152 e. The lowest BCUT2D eigenvalue weighted by atomic mass is 10.1. The molecule has 3 aromatic heterocycles. The third-order valence-electron chi connectivity index (χ3n) is 4.47. The van der Waals surface area contributed by atoms with E-state index in [-0.39, 0.29) is 5.78 Å². The summed E-state index contributed by atoms with van der Waals surface area (Å²) in [6.07, 6.45) is 5.65. The summed E-state index contributed by atoms with van der Waals surface area (Å²) < 4.78 is 5.32. The zero-order chi connectivity index (χ0) is 17.8. The Balaban J connectivity index is 1.51. The Morgan fingerprint density at radius 3 is 2.85 bits per heavy atom. The third-order valence-corrected chi connectivity index (χ3v) is 4.47. The molecule has 1 saturated heterocycles. The molecule has 1 fully saturated rings. The zero-order valence-electron chi connectivity index (χ0n) is 14.5. The van der Waals surface area contributed by atoms with Gasteiger partial charge in [0.25, 0.3) is 0 Å². The Morgan fingerprint density at radius 2 is 2.04 bits per heavy atom. The first kappa shape index (κ1) is 16.8. The average Bonchev–Trinajstić information content (AvgIpc) is 2.69. The Bertz CT molecular complexity index is 908. The smallest absolute Gasteiger partial charge is 0.152 e. The fraction of sp³-hybridized carbons (Fsp3) is 0.300. The van der Waals surface area contributed by atoms with Gasteiger partial charge in [-0.25, -0.2) is 4.98 Å². The molecule has 1 aliphatic rings. The molecule has 0 atom stereocenters. The fourth-order valence-electron chi connectivity index (χ4n) is 3.10. The van der Waals surface area contributed by atoms with Gasteiger partial charge in [0.05, 0.1) is 37.4 Å². The van der Waals surface area contributed by atoms with Gasteiger partial charge in [0.2, 0.25) is 0 Å². The Morgan fingerprint density at radius 1 is 1.15 bits per heavy atom. The van der Waals surface area contributed by atoms with Gasteiger partial charge in [-0.1, -0.05) is 0 Å². The van der Waals surface area contributed by atoms with Crippen molar-refractivity contribution in [3.63, 3.8) is 0 Å². The molecule has 4 rings (SSSR count). The van der Waals surface area contributed by atoms with Crippen LogP contribution in [0.2, 0.25) is 0 Å². The van der Waals surface area contributed by atoms with Crippen LogP contribution >= 0.6 is 0 Å². The fourth-order valence-corrected chi connectivity index (χ4v) is 3.10. The Labute approximate surface area is 151 Å². The second-order valence-corrected chi connectivity index (χ2v) is 6.41. The summed E-state index contributed by atoms with van der Waals surface area (Å²) in [6.45, 7) is 3.47. The molecule has 26 heavy (non-hydrogen) atoms. The SMILES string of the molecule is O=C(Cc1cc2nc(-c3cccnc3)ccc2cn1)CN1CCOCC1. The van der Waals surface area contributed by atoms with E-state index in [4.69, 9.17) is 9.72 Å². The van der Waals surface area contributed by atoms with Crippen LogP contribution in [0.1, 0.15) is 5.69 Å². The number of carbonyl (C=O) groups is 1. The zero-order valence-corrected chi connectivity index (χ0v) is 14.5. The van der Waals surface area contributed by atoms with Crippen LogP contribution in [0.15, 0.2) is 48.9 Å². The van der Waals surface area contributed by atoms with Crippen LogP contribution in [0.4, 0.5) is 0 Å². The minimum absolute atomic E-state index is 0.169. The maximum atomic E-state index is 12.4. The molecule has 0 spiro atoms. The molecule has 4 heterocycles. The van der Waals surface area contributed by atoms with Crippen molar-refractivity contribution in [1.82, 2.24) is 19.9 Å². The summed E-state index contributed by atoms with van der Waals surface area (Å²) in [5.74, 6) is 0.169. The van der Waals surface area contributed by atoms with Gasteiger partial charge in [0, 0.05) is 48.3 Å². The van der Waals surface area contributed by atoms with E-state index in [1.54, 1.807) is 18.6 Å². The van der Waals surface area contributed by atoms with Crippen LogP contribution in [0, 0.1) is 0 Å². The molecule has 6 heteroatoms. The quantitative estimate of drug-likeness (QED) is 0.704. The number of rotatable bonds is 5. The second kappa shape index (κ2) is 7.68. The van der Waals surface area contributed by atoms with Crippen LogP contribution in [0.3, 0.4) is 0 Å². The molecule has 132 valence electrons. The number of ether oxygens (including phenoxy) is 1. The molecular weight excluding hydrogens is 328 g/mol. The summed E-state index contributed by atoms with van der Waals surface area (Å²) in [6, 6.07) is 9.74. The van der Waals surface area contributed by atoms with Crippen LogP contribution in [-0.4, -0.2) is 58.5 Å². The number of Topliss-reactive ketones (excluding diaryl/α,β-unsaturated/α-hetero) is 1. The van der Waals surface area contributed by atoms with Gasteiger partial charge < -0.3 is 4.74 Å². The average molecular weight is 348 g/mol. The maximum absolute atomic E-state index is 12.4. The van der Waals surface area contributed by atoms with E-state index < -0.39 is 0 Å². The molecule has 6 nitrogen and oxygen atoms in total. The lowest BCUT2D eigenvalue weighted by molar-refractivity contribution is -0.120. The number of hydrogen-bond acceptors (Lipinski definition) is 6. The normalized spacial score (nSPS) is 15.2. The second-order valence-electron chi connectivity index (χ2n) is 6.41. The lowest BCUT2D eigenvalue weighted by Gasteiger charge is -2.25. The highest BCUT2D eigenvalue weighted by Crippen LogP contribution is 2.20. The van der Waals surface area contributed by atoms with Crippen molar-refractivity contribution in [2.45, 2.75) is 6.42 Å². The predicted molar refractivity (Wildman–Crippen MR) is 98.7 cm³/mol. The van der Waals surface area contributed by atoms with Crippen molar-refractivity contribution < 1.29 is 9.53 Å². The molecular formula is C20H20N4O2. The van der Waals surface area contributed by atoms with Gasteiger partial charge >= 0.3 is 0 Å². The topological polar surface area (TPSA) is 68.2 Å². The van der Waals surface area contributed by atoms with E-state index in [0.717, 1.165) is 40.9 Å². The van der Waals surface area contributed by atoms with Crippen LogP contribution in [0.5, 0.6) is 0 Å². The number of carbonyl (C=O) groups excluding carboxylic acids is 1. The van der Waals surface area contributed by atoms with Gasteiger partial charge in [-0.3, -0.25) is 19.7 Å². The number of pyridine rings is 3. The van der Waals surface area contributed by atoms with E-state index in [9.17, 15) is 4.79 Å². The third kappa shape index (κ3) is 3.92. The number of nitrogens with zero attached hydrogens (tertiary/aromatic N) is 4. The predicted octanol–water partition coefficient (Wildman–Crippen LogP) is 2.14. The standard InChI is InChI=1S/C20H20N4O2/c25-18(14-24-6-8-26-9-7-24)10-17-11-20-16(13-22-17)3-4-19(23-20)15-2-1-5-21-12-15/h1-5,11-13H,6-10,14H2. The number of morpholine rings is 1. The van der Waals surface area contributed by atoms with Crippen LogP contribution in [-0.2, 0) is 16.0 Å². The molecule has 0 bridgehead atoms. The summed E-state index contributed by atoms with van der Waals surface area (Å²) in [5, 5.41) is 0.960. The highest BCUT2D eigenvalue weighted by molar-refractivity contribution is 5.85. The molecule has 0 amide bonds. The summed E-state index contributed by atoms with van der Waals surface area (Å²) in [4.78, 5) is 27.8. The number of hydrogen-bond donors (Lipinski definition) is 0. The highest BCUT2D eigenvalue weighted by atomic mass is 16.5. The van der Waals surface area contributed by atoms with E-state index in [1.165, 1.54) is 0 Å². The molecule has 0 aliphatic carbocycles. The molecule has 0 N–H and O–H groups in total. The van der Waals surface area contributed by atoms with Gasteiger partial charge in [-0.05, 0) is 30.3 Å². The van der Waals surface area contributed by atoms with Crippen molar-refractivity contribution >= 4 is 16.7 Å². The molecule has 0 unspecified atom stereocenters. The lowest BCUT2D eigenvalue weighted by Crippen LogP contribution is -2.39. The van der Waals surface area contributed by atoms with Gasteiger partial charge in [-0.2, -0.15) is 0 Å². The Kier molecular flexibility index (Phi) is 4.95. The first-order chi connectivity index (χ1) is 12.8. The number of ketones is 1. The van der Waals surface area contributed by atoms with Crippen molar-refractivity contribution in [2.24, 2.45) is 0 Å². The van der Waals surface area contributed by atoms with Gasteiger partial charge in [-0.15, -0.1) is 0 Å². The number of fused-ring (bicyclic) bond motifs is 1. The molecule has 0 aromatic carbocycles. The van der Waals surface area contributed by atoms with Gasteiger partial charge in [0.1, 0.15) is 0 Å². The summed E-state index contributed by atoms with van der Waals surface area (Å²) in [7, 11) is 0.